The summed E-state index contributed by atoms with van der Waals surface area (Å²) in [6.45, 7) is 4.07. The summed E-state index contributed by atoms with van der Waals surface area (Å²) in [4.78, 5) is 12.9. The molecule has 0 aliphatic rings. The maximum Gasteiger partial charge on any atom is 0.264 e. The Morgan fingerprint density at radius 1 is 1.06 bits per heavy atom. The number of hydrogen-bond acceptors (Lipinski definition) is 5. The van der Waals surface area contributed by atoms with E-state index in [0.717, 1.165) is 27.8 Å². The van der Waals surface area contributed by atoms with Crippen molar-refractivity contribution >= 4 is 45.0 Å². The Bertz CT molecular complexity index is 1280. The van der Waals surface area contributed by atoms with Gasteiger partial charge < -0.3 is 10.1 Å². The van der Waals surface area contributed by atoms with Crippen LogP contribution in [0.4, 0.5) is 5.69 Å². The molecule has 0 fully saturated rings. The number of nitrogens with zero attached hydrogens (tertiary/aromatic N) is 1. The number of ether oxygens (including phenoxy) is 1. The van der Waals surface area contributed by atoms with Crippen molar-refractivity contribution in [2.45, 2.75) is 30.9 Å². The lowest BCUT2D eigenvalue weighted by atomic mass is 10.1. The first kappa shape index (κ1) is 27.9. The number of halogens is 1. The lowest BCUT2D eigenvalue weighted by Gasteiger charge is -2.24. The second-order valence-electron chi connectivity index (χ2n) is 8.33. The van der Waals surface area contributed by atoms with Crippen molar-refractivity contribution in [3.63, 3.8) is 0 Å². The summed E-state index contributed by atoms with van der Waals surface area (Å²) in [7, 11) is -2.53. The minimum Gasteiger partial charge on any atom is -0.495 e. The minimum absolute atomic E-state index is 0.0976. The molecule has 0 saturated carbocycles. The van der Waals surface area contributed by atoms with Crippen molar-refractivity contribution in [1.29, 1.82) is 0 Å². The van der Waals surface area contributed by atoms with Gasteiger partial charge in [0.2, 0.25) is 5.91 Å². The van der Waals surface area contributed by atoms with Crippen molar-refractivity contribution in [3.8, 4) is 5.75 Å². The van der Waals surface area contributed by atoms with Gasteiger partial charge in [-0.3, -0.25) is 9.10 Å². The number of methoxy groups -OCH3 is 1. The number of nitrogens with one attached hydrogen (secondary N) is 1. The lowest BCUT2D eigenvalue weighted by Crippen LogP contribution is -2.41. The monoisotopic (exact) mass is 546 g/mol. The molecule has 0 saturated heterocycles. The van der Waals surface area contributed by atoms with Gasteiger partial charge in [0, 0.05) is 12.3 Å². The van der Waals surface area contributed by atoms with E-state index in [-0.39, 0.29) is 28.1 Å². The predicted molar refractivity (Wildman–Crippen MR) is 149 cm³/mol. The Morgan fingerprint density at radius 3 is 2.44 bits per heavy atom. The van der Waals surface area contributed by atoms with Crippen LogP contribution in [0, 0.1) is 13.8 Å². The number of thioether (sulfide) groups is 1. The molecule has 3 rings (SSSR count). The molecule has 3 aromatic rings. The van der Waals surface area contributed by atoms with E-state index >= 15 is 0 Å². The van der Waals surface area contributed by atoms with Gasteiger partial charge in [-0.05, 0) is 67.5 Å². The van der Waals surface area contributed by atoms with E-state index in [2.05, 4.69) is 24.4 Å². The molecule has 0 aliphatic heterocycles. The molecule has 0 spiro atoms. The summed E-state index contributed by atoms with van der Waals surface area (Å²) in [5.74, 6) is 1.83. The molecule has 0 atom stereocenters. The average Bonchev–Trinajstić information content (AvgIpc) is 2.85. The summed E-state index contributed by atoms with van der Waals surface area (Å²) < 4.78 is 33.2. The average molecular weight is 547 g/mol. The Morgan fingerprint density at radius 2 is 1.78 bits per heavy atom. The Labute approximate surface area is 223 Å². The molecular formula is C27H31ClN2O4S2. The zero-order valence-electron chi connectivity index (χ0n) is 20.7. The fourth-order valence-electron chi connectivity index (χ4n) is 3.51. The zero-order valence-corrected chi connectivity index (χ0v) is 23.0. The third-order valence-electron chi connectivity index (χ3n) is 5.63. The van der Waals surface area contributed by atoms with Gasteiger partial charge in [-0.2, -0.15) is 11.8 Å². The minimum atomic E-state index is -4.01. The molecule has 192 valence electrons. The number of sulfonamides is 1. The summed E-state index contributed by atoms with van der Waals surface area (Å²) in [5, 5.41) is 3.10. The summed E-state index contributed by atoms with van der Waals surface area (Å²) >= 11 is 8.07. The normalized spacial score (nSPS) is 11.2. The predicted octanol–water partition coefficient (Wildman–Crippen LogP) is 5.60. The number of benzene rings is 3. The van der Waals surface area contributed by atoms with Gasteiger partial charge in [0.25, 0.3) is 10.0 Å². The van der Waals surface area contributed by atoms with Crippen LogP contribution in [0.1, 0.15) is 23.1 Å². The fraction of sp³-hybridized carbons (Fsp3) is 0.296. The zero-order chi connectivity index (χ0) is 26.1. The first-order valence-corrected chi connectivity index (χ1v) is 14.5. The molecule has 0 heterocycles. The van der Waals surface area contributed by atoms with Gasteiger partial charge in [0.05, 0.1) is 22.7 Å². The third kappa shape index (κ3) is 7.41. The molecule has 3 aromatic carbocycles. The van der Waals surface area contributed by atoms with E-state index < -0.39 is 10.0 Å². The summed E-state index contributed by atoms with van der Waals surface area (Å²) in [5.41, 5.74) is 3.80. The van der Waals surface area contributed by atoms with Crippen LogP contribution in [0.2, 0.25) is 5.02 Å². The van der Waals surface area contributed by atoms with Gasteiger partial charge in [-0.1, -0.05) is 53.6 Å². The highest BCUT2D eigenvalue weighted by Gasteiger charge is 2.27. The van der Waals surface area contributed by atoms with E-state index in [9.17, 15) is 13.2 Å². The van der Waals surface area contributed by atoms with Crippen LogP contribution in [-0.2, 0) is 20.6 Å². The molecule has 0 radical (unpaired) electrons. The van der Waals surface area contributed by atoms with Crippen molar-refractivity contribution in [3.05, 3.63) is 88.4 Å². The SMILES string of the molecule is COc1ccc(N(CC(=O)NCCCSCc2ccccc2C)S(=O)(=O)c2ccc(C)cc2)cc1Cl. The van der Waals surface area contributed by atoms with Crippen molar-refractivity contribution in [2.24, 2.45) is 0 Å². The van der Waals surface area contributed by atoms with Gasteiger partial charge >= 0.3 is 0 Å². The lowest BCUT2D eigenvalue weighted by molar-refractivity contribution is -0.119. The van der Waals surface area contributed by atoms with Gasteiger partial charge in [-0.25, -0.2) is 8.42 Å². The number of rotatable bonds is 12. The molecule has 1 amide bonds. The molecule has 0 unspecified atom stereocenters. The van der Waals surface area contributed by atoms with Crippen LogP contribution in [0.3, 0.4) is 0 Å². The van der Waals surface area contributed by atoms with E-state index in [0.29, 0.717) is 12.3 Å². The van der Waals surface area contributed by atoms with Crippen molar-refractivity contribution < 1.29 is 17.9 Å². The molecular weight excluding hydrogens is 516 g/mol. The number of aryl methyl sites for hydroxylation is 2. The summed E-state index contributed by atoms with van der Waals surface area (Å²) in [6, 6.07) is 19.4. The van der Waals surface area contributed by atoms with Crippen LogP contribution in [0.15, 0.2) is 71.6 Å². The second kappa shape index (κ2) is 13.0. The number of anilines is 1. The highest BCUT2D eigenvalue weighted by atomic mass is 35.5. The van der Waals surface area contributed by atoms with Crippen LogP contribution < -0.4 is 14.4 Å². The van der Waals surface area contributed by atoms with Crippen LogP contribution in [0.5, 0.6) is 5.75 Å². The smallest absolute Gasteiger partial charge is 0.264 e. The fourth-order valence-corrected chi connectivity index (χ4v) is 6.21. The molecule has 1 N–H and O–H groups in total. The Hall–Kier alpha value is -2.68. The van der Waals surface area contributed by atoms with Crippen LogP contribution in [-0.4, -0.2) is 40.3 Å². The largest absolute Gasteiger partial charge is 0.495 e. The van der Waals surface area contributed by atoms with E-state index in [1.165, 1.54) is 36.4 Å². The number of hydrogen-bond donors (Lipinski definition) is 1. The molecule has 0 aliphatic carbocycles. The highest BCUT2D eigenvalue weighted by molar-refractivity contribution is 7.98. The Kier molecular flexibility index (Phi) is 10.1. The second-order valence-corrected chi connectivity index (χ2v) is 11.7. The van der Waals surface area contributed by atoms with Gasteiger partial charge in [0.1, 0.15) is 12.3 Å². The number of carbonyl (C=O) groups is 1. The quantitative estimate of drug-likeness (QED) is 0.299. The molecule has 36 heavy (non-hydrogen) atoms. The Balaban J connectivity index is 1.64. The van der Waals surface area contributed by atoms with E-state index in [1.54, 1.807) is 36.0 Å². The molecule has 0 bridgehead atoms. The summed E-state index contributed by atoms with van der Waals surface area (Å²) in [6.07, 6.45) is 0.779. The van der Waals surface area contributed by atoms with Crippen molar-refractivity contribution in [1.82, 2.24) is 5.32 Å². The number of carbonyl (C=O) groups excluding carboxylic acids is 1. The van der Waals surface area contributed by atoms with Gasteiger partial charge in [-0.15, -0.1) is 0 Å². The third-order valence-corrected chi connectivity index (χ3v) is 8.80. The maximum absolute atomic E-state index is 13.5. The van der Waals surface area contributed by atoms with Gasteiger partial charge in [0.15, 0.2) is 0 Å². The van der Waals surface area contributed by atoms with Crippen molar-refractivity contribution in [2.75, 3.05) is 30.3 Å². The van der Waals surface area contributed by atoms with E-state index in [1.807, 2.05) is 19.1 Å². The molecule has 0 aromatic heterocycles. The molecule has 6 nitrogen and oxygen atoms in total. The highest BCUT2D eigenvalue weighted by Crippen LogP contribution is 2.32. The first-order chi connectivity index (χ1) is 17.2. The maximum atomic E-state index is 13.5. The van der Waals surface area contributed by atoms with Crippen LogP contribution >= 0.6 is 23.4 Å². The van der Waals surface area contributed by atoms with E-state index in [4.69, 9.17) is 16.3 Å². The standard InChI is InChI=1S/C27H31ClN2O4S2/c1-20-9-12-24(13-10-20)36(32,33)30(23-11-14-26(34-3)25(28)17-23)18-27(31)29-15-6-16-35-19-22-8-5-4-7-21(22)2/h4-5,7-14,17H,6,15-16,18-19H2,1-3H3,(H,29,31). The molecule has 9 heteroatoms. The topological polar surface area (TPSA) is 75.7 Å². The van der Waals surface area contributed by atoms with Crippen LogP contribution in [0.25, 0.3) is 0 Å². The first-order valence-electron chi connectivity index (χ1n) is 11.5. The number of amides is 1.